The first-order valence-electron chi connectivity index (χ1n) is 5.29. The molecule has 4 nitrogen and oxygen atoms in total. The molecule has 0 fully saturated rings. The lowest BCUT2D eigenvalue weighted by molar-refractivity contribution is -0.118. The minimum absolute atomic E-state index is 0.0438. The summed E-state index contributed by atoms with van der Waals surface area (Å²) in [6, 6.07) is 3.51. The molecule has 0 spiro atoms. The molecular formula is C12H16BrNO3. The lowest BCUT2D eigenvalue weighted by Crippen LogP contribution is -2.43. The fourth-order valence-electron chi connectivity index (χ4n) is 1.29. The third-order valence-corrected chi connectivity index (χ3v) is 2.62. The number of nitrogens with one attached hydrogen (secondary N) is 1. The summed E-state index contributed by atoms with van der Waals surface area (Å²) < 4.78 is 5.84. The van der Waals surface area contributed by atoms with Gasteiger partial charge in [0.2, 0.25) is 5.91 Å². The number of amides is 1. The molecule has 2 N–H and O–H groups in total. The largest absolute Gasteiger partial charge is 0.450 e. The highest BCUT2D eigenvalue weighted by Crippen LogP contribution is 2.15. The molecule has 1 aromatic heterocycles. The molecule has 1 aromatic rings. The first-order chi connectivity index (χ1) is 7.93. The second-order valence-corrected chi connectivity index (χ2v) is 5.10. The average Bonchev–Trinajstić information content (AvgIpc) is 2.60. The van der Waals surface area contributed by atoms with Gasteiger partial charge < -0.3 is 14.8 Å². The van der Waals surface area contributed by atoms with Crippen LogP contribution in [-0.2, 0) is 4.79 Å². The summed E-state index contributed by atoms with van der Waals surface area (Å²) in [4.78, 5) is 11.6. The van der Waals surface area contributed by atoms with Crippen LogP contribution in [-0.4, -0.2) is 23.2 Å². The molecule has 0 radical (unpaired) electrons. The van der Waals surface area contributed by atoms with E-state index < -0.39 is 5.54 Å². The van der Waals surface area contributed by atoms with E-state index in [4.69, 9.17) is 9.52 Å². The van der Waals surface area contributed by atoms with Gasteiger partial charge in [-0.3, -0.25) is 4.79 Å². The normalized spacial score (nSPS) is 12.0. The highest BCUT2D eigenvalue weighted by molar-refractivity contribution is 9.10. The predicted octanol–water partition coefficient (Wildman–Crippen LogP) is 2.33. The van der Waals surface area contributed by atoms with Crippen molar-refractivity contribution in [3.63, 3.8) is 0 Å². The van der Waals surface area contributed by atoms with Crippen LogP contribution in [0.5, 0.6) is 0 Å². The maximum atomic E-state index is 11.6. The topological polar surface area (TPSA) is 62.5 Å². The van der Waals surface area contributed by atoms with Gasteiger partial charge >= 0.3 is 0 Å². The van der Waals surface area contributed by atoms with E-state index in [0.717, 1.165) is 0 Å². The number of aliphatic hydroxyl groups is 1. The van der Waals surface area contributed by atoms with Crippen molar-refractivity contribution < 1.29 is 14.3 Å². The summed E-state index contributed by atoms with van der Waals surface area (Å²) in [5, 5.41) is 11.6. The van der Waals surface area contributed by atoms with Gasteiger partial charge in [0, 0.05) is 18.2 Å². The molecule has 1 heterocycles. The highest BCUT2D eigenvalue weighted by Gasteiger charge is 2.18. The van der Waals surface area contributed by atoms with E-state index in [0.29, 0.717) is 16.9 Å². The van der Waals surface area contributed by atoms with Gasteiger partial charge in [-0.05, 0) is 54.4 Å². The molecule has 0 unspecified atom stereocenters. The van der Waals surface area contributed by atoms with Crippen LogP contribution in [0.25, 0.3) is 6.08 Å². The zero-order valence-electron chi connectivity index (χ0n) is 9.87. The molecule has 0 bridgehead atoms. The molecule has 0 atom stereocenters. The quantitative estimate of drug-likeness (QED) is 0.821. The lowest BCUT2D eigenvalue weighted by Gasteiger charge is -2.24. The van der Waals surface area contributed by atoms with Crippen molar-refractivity contribution in [1.29, 1.82) is 0 Å². The fourth-order valence-corrected chi connectivity index (χ4v) is 1.61. The van der Waals surface area contributed by atoms with Gasteiger partial charge in [0.25, 0.3) is 0 Å². The fraction of sp³-hybridized carbons (Fsp3) is 0.417. The molecule has 94 valence electrons. The second-order valence-electron chi connectivity index (χ2n) is 4.32. The Morgan fingerprint density at radius 3 is 2.82 bits per heavy atom. The Labute approximate surface area is 109 Å². The summed E-state index contributed by atoms with van der Waals surface area (Å²) >= 11 is 3.18. The van der Waals surface area contributed by atoms with Crippen molar-refractivity contribution >= 4 is 27.9 Å². The molecule has 0 aromatic carbocycles. The van der Waals surface area contributed by atoms with Crippen LogP contribution in [0.4, 0.5) is 0 Å². The van der Waals surface area contributed by atoms with Gasteiger partial charge in [-0.15, -0.1) is 0 Å². The number of aliphatic hydroxyl groups excluding tert-OH is 1. The van der Waals surface area contributed by atoms with Crippen molar-refractivity contribution in [2.45, 2.75) is 25.8 Å². The maximum absolute atomic E-state index is 11.6. The van der Waals surface area contributed by atoms with Crippen LogP contribution in [0.3, 0.4) is 0 Å². The first-order valence-corrected chi connectivity index (χ1v) is 6.09. The zero-order chi connectivity index (χ0) is 12.9. The van der Waals surface area contributed by atoms with Gasteiger partial charge in [-0.2, -0.15) is 0 Å². The Morgan fingerprint density at radius 1 is 1.59 bits per heavy atom. The number of hydrogen-bond acceptors (Lipinski definition) is 3. The number of carbonyl (C=O) groups excluding carboxylic acids is 1. The molecule has 0 saturated carbocycles. The maximum Gasteiger partial charge on any atom is 0.244 e. The highest BCUT2D eigenvalue weighted by atomic mass is 79.9. The van der Waals surface area contributed by atoms with Crippen molar-refractivity contribution in [1.82, 2.24) is 5.32 Å². The first kappa shape index (κ1) is 14.0. The second kappa shape index (κ2) is 6.02. The van der Waals surface area contributed by atoms with Gasteiger partial charge in [0.1, 0.15) is 5.76 Å². The zero-order valence-corrected chi connectivity index (χ0v) is 11.5. The summed E-state index contributed by atoms with van der Waals surface area (Å²) in [6.07, 6.45) is 3.51. The van der Waals surface area contributed by atoms with Gasteiger partial charge in [-0.25, -0.2) is 0 Å². The van der Waals surface area contributed by atoms with E-state index in [1.54, 1.807) is 18.2 Å². The van der Waals surface area contributed by atoms with Crippen LogP contribution < -0.4 is 5.32 Å². The Kier molecular flexibility index (Phi) is 4.96. The van der Waals surface area contributed by atoms with Crippen LogP contribution in [0.2, 0.25) is 0 Å². The van der Waals surface area contributed by atoms with Crippen LogP contribution in [0.1, 0.15) is 26.0 Å². The van der Waals surface area contributed by atoms with E-state index in [1.807, 2.05) is 13.8 Å². The Bertz CT molecular complexity index is 410. The minimum atomic E-state index is -0.417. The van der Waals surface area contributed by atoms with Crippen molar-refractivity contribution in [2.75, 3.05) is 6.61 Å². The van der Waals surface area contributed by atoms with Crippen molar-refractivity contribution in [3.05, 3.63) is 28.6 Å². The van der Waals surface area contributed by atoms with Crippen LogP contribution in [0.15, 0.2) is 27.3 Å². The molecule has 1 rings (SSSR count). The molecule has 0 aliphatic heterocycles. The van der Waals surface area contributed by atoms with Gasteiger partial charge in [0.15, 0.2) is 4.67 Å². The monoisotopic (exact) mass is 301 g/mol. The number of furan rings is 1. The summed E-state index contributed by atoms with van der Waals surface area (Å²) in [6.45, 7) is 3.76. The average molecular weight is 302 g/mol. The standard InChI is InChI=1S/C12H16BrNO3/c1-12(2,7-8-15)14-11(16)6-4-9-3-5-10(13)17-9/h3-6,15H,7-8H2,1-2H3,(H,14,16)/b6-4+. The Morgan fingerprint density at radius 2 is 2.29 bits per heavy atom. The summed E-state index contributed by atoms with van der Waals surface area (Å²) in [5.74, 6) is 0.392. The number of rotatable bonds is 5. The van der Waals surface area contributed by atoms with Gasteiger partial charge in [0.05, 0.1) is 0 Å². The smallest absolute Gasteiger partial charge is 0.244 e. The van der Waals surface area contributed by atoms with E-state index in [2.05, 4.69) is 21.2 Å². The van der Waals surface area contributed by atoms with E-state index in [-0.39, 0.29) is 12.5 Å². The van der Waals surface area contributed by atoms with E-state index >= 15 is 0 Å². The molecule has 0 aliphatic rings. The number of carbonyl (C=O) groups is 1. The Balaban J connectivity index is 2.52. The predicted molar refractivity (Wildman–Crippen MR) is 69.4 cm³/mol. The van der Waals surface area contributed by atoms with Crippen LogP contribution >= 0.6 is 15.9 Å². The molecule has 0 aliphatic carbocycles. The molecular weight excluding hydrogens is 286 g/mol. The lowest BCUT2D eigenvalue weighted by atomic mass is 10.0. The third-order valence-electron chi connectivity index (χ3n) is 2.19. The number of hydrogen-bond donors (Lipinski definition) is 2. The third kappa shape index (κ3) is 5.19. The Hall–Kier alpha value is -1.07. The molecule has 1 amide bonds. The summed E-state index contributed by atoms with van der Waals surface area (Å²) in [7, 11) is 0. The van der Waals surface area contributed by atoms with Crippen LogP contribution in [0, 0.1) is 0 Å². The van der Waals surface area contributed by atoms with E-state index in [9.17, 15) is 4.79 Å². The summed E-state index contributed by atoms with van der Waals surface area (Å²) in [5.41, 5.74) is -0.417. The molecule has 17 heavy (non-hydrogen) atoms. The molecule has 0 saturated heterocycles. The van der Waals surface area contributed by atoms with Crippen molar-refractivity contribution in [3.8, 4) is 0 Å². The SMILES string of the molecule is CC(C)(CCO)NC(=O)/C=C/c1ccc(Br)o1. The minimum Gasteiger partial charge on any atom is -0.450 e. The number of halogens is 1. The molecule has 5 heteroatoms. The van der Waals surface area contributed by atoms with E-state index in [1.165, 1.54) is 6.08 Å². The van der Waals surface area contributed by atoms with Crippen molar-refractivity contribution in [2.24, 2.45) is 0 Å². The van der Waals surface area contributed by atoms with Gasteiger partial charge in [-0.1, -0.05) is 0 Å².